The molecule has 2 aliphatic rings. The Kier molecular flexibility index (Phi) is 5.16. The van der Waals surface area contributed by atoms with Crippen LogP contribution in [0.4, 0.5) is 0 Å². The molecule has 1 fully saturated rings. The third-order valence-corrected chi connectivity index (χ3v) is 7.38. The van der Waals surface area contributed by atoms with Gasteiger partial charge in [0.25, 0.3) is 0 Å². The molecule has 1 atom stereocenters. The average molecular weight is 473 g/mol. The van der Waals surface area contributed by atoms with Crippen molar-refractivity contribution in [3.63, 3.8) is 0 Å². The van der Waals surface area contributed by atoms with Crippen molar-refractivity contribution in [2.75, 3.05) is 33.4 Å². The van der Waals surface area contributed by atoms with Crippen LogP contribution in [0.5, 0.6) is 5.75 Å². The van der Waals surface area contributed by atoms with Gasteiger partial charge in [0, 0.05) is 72.8 Å². The number of aromatic nitrogens is 2. The van der Waals surface area contributed by atoms with E-state index in [1.54, 1.807) is 18.9 Å². The molecule has 1 saturated heterocycles. The predicted octanol–water partition coefficient (Wildman–Crippen LogP) is 3.48. The number of fused-ring (bicyclic) bond motifs is 4. The smallest absolute Gasteiger partial charge is 0.220 e. The Morgan fingerprint density at radius 3 is 2.71 bits per heavy atom. The van der Waals surface area contributed by atoms with Crippen molar-refractivity contribution in [1.82, 2.24) is 19.9 Å². The van der Waals surface area contributed by atoms with Gasteiger partial charge in [0.1, 0.15) is 5.75 Å². The van der Waals surface area contributed by atoms with E-state index in [0.717, 1.165) is 52.5 Å². The van der Waals surface area contributed by atoms with Crippen LogP contribution in [0.25, 0.3) is 22.2 Å². The number of rotatable bonds is 5. The van der Waals surface area contributed by atoms with Crippen LogP contribution in [-0.2, 0) is 16.8 Å². The van der Waals surface area contributed by atoms with Crippen LogP contribution < -0.4 is 4.74 Å². The van der Waals surface area contributed by atoms with E-state index in [1.165, 1.54) is 5.56 Å². The predicted molar refractivity (Wildman–Crippen MR) is 131 cm³/mol. The number of hydrogen-bond donors (Lipinski definition) is 2. The fraction of sp³-hybridized carbons (Fsp3) is 0.333. The van der Waals surface area contributed by atoms with Crippen molar-refractivity contribution >= 4 is 16.8 Å². The van der Waals surface area contributed by atoms with Crippen LogP contribution in [0, 0.1) is 0 Å². The van der Waals surface area contributed by atoms with Gasteiger partial charge < -0.3 is 24.3 Å². The average Bonchev–Trinajstić information content (AvgIpc) is 3.47. The SMILES string of the molecule is COc1ccc2c3c([nH]c2c1)[C@@H](CO)N(C(C)=O)CC31CN(Cc2cc(-c3ccccc3)on2)C1. The van der Waals surface area contributed by atoms with Gasteiger partial charge in [-0.1, -0.05) is 35.5 Å². The molecule has 2 aliphatic heterocycles. The Hall–Kier alpha value is -3.62. The molecule has 4 heterocycles. The van der Waals surface area contributed by atoms with Crippen LogP contribution in [0.3, 0.4) is 0 Å². The van der Waals surface area contributed by atoms with Gasteiger partial charge in [-0.2, -0.15) is 0 Å². The fourth-order valence-corrected chi connectivity index (χ4v) is 5.87. The first kappa shape index (κ1) is 21.9. The molecule has 1 amide bonds. The molecular weight excluding hydrogens is 444 g/mol. The highest BCUT2D eigenvalue weighted by Crippen LogP contribution is 2.48. The number of ether oxygens (including phenoxy) is 1. The number of aliphatic hydroxyl groups is 1. The number of methoxy groups -OCH3 is 1. The Morgan fingerprint density at radius 1 is 1.20 bits per heavy atom. The van der Waals surface area contributed by atoms with E-state index < -0.39 is 0 Å². The number of nitrogens with zero attached hydrogens (tertiary/aromatic N) is 3. The van der Waals surface area contributed by atoms with Crippen LogP contribution in [0.1, 0.15) is 29.9 Å². The van der Waals surface area contributed by atoms with E-state index in [4.69, 9.17) is 9.26 Å². The lowest BCUT2D eigenvalue weighted by Gasteiger charge is -2.56. The molecule has 2 N–H and O–H groups in total. The molecule has 0 bridgehead atoms. The number of aromatic amines is 1. The zero-order valence-corrected chi connectivity index (χ0v) is 19.8. The molecule has 1 spiro atoms. The summed E-state index contributed by atoms with van der Waals surface area (Å²) in [7, 11) is 1.65. The van der Waals surface area contributed by atoms with Gasteiger partial charge in [0.2, 0.25) is 5.91 Å². The monoisotopic (exact) mass is 472 g/mol. The first-order chi connectivity index (χ1) is 17.0. The van der Waals surface area contributed by atoms with E-state index in [9.17, 15) is 9.90 Å². The molecule has 180 valence electrons. The summed E-state index contributed by atoms with van der Waals surface area (Å²) in [6.45, 7) is 4.27. The summed E-state index contributed by atoms with van der Waals surface area (Å²) in [4.78, 5) is 20.2. The topological polar surface area (TPSA) is 94.8 Å². The van der Waals surface area contributed by atoms with E-state index >= 15 is 0 Å². The van der Waals surface area contributed by atoms with Crippen molar-refractivity contribution < 1.29 is 19.2 Å². The highest BCUT2D eigenvalue weighted by molar-refractivity contribution is 5.89. The zero-order valence-electron chi connectivity index (χ0n) is 19.8. The number of likely N-dealkylation sites (tertiary alicyclic amines) is 1. The molecular formula is C27H28N4O4. The summed E-state index contributed by atoms with van der Waals surface area (Å²) in [5, 5.41) is 15.6. The highest BCUT2D eigenvalue weighted by atomic mass is 16.5. The maximum absolute atomic E-state index is 12.6. The Morgan fingerprint density at radius 2 is 2.00 bits per heavy atom. The minimum absolute atomic E-state index is 0.0345. The highest BCUT2D eigenvalue weighted by Gasteiger charge is 2.53. The second kappa shape index (κ2) is 8.25. The Bertz CT molecular complexity index is 1390. The van der Waals surface area contributed by atoms with Crippen molar-refractivity contribution in [2.24, 2.45) is 0 Å². The van der Waals surface area contributed by atoms with Crippen LogP contribution >= 0.6 is 0 Å². The lowest BCUT2D eigenvalue weighted by Crippen LogP contribution is -2.66. The third kappa shape index (κ3) is 3.52. The maximum atomic E-state index is 12.6. The number of aliphatic hydroxyl groups excluding tert-OH is 1. The van der Waals surface area contributed by atoms with Gasteiger partial charge in [-0.3, -0.25) is 9.69 Å². The summed E-state index contributed by atoms with van der Waals surface area (Å²) in [5.74, 6) is 1.49. The molecule has 6 rings (SSSR count). The minimum atomic E-state index is -0.385. The van der Waals surface area contributed by atoms with E-state index in [1.807, 2.05) is 48.5 Å². The Balaban J connectivity index is 1.31. The lowest BCUT2D eigenvalue weighted by atomic mass is 9.68. The molecule has 2 aromatic carbocycles. The summed E-state index contributed by atoms with van der Waals surface area (Å²) in [6, 6.07) is 17.6. The van der Waals surface area contributed by atoms with E-state index in [2.05, 4.69) is 21.1 Å². The summed E-state index contributed by atoms with van der Waals surface area (Å²) < 4.78 is 11.0. The Labute approximate surface area is 203 Å². The summed E-state index contributed by atoms with van der Waals surface area (Å²) >= 11 is 0. The molecule has 0 aliphatic carbocycles. The molecule has 8 heteroatoms. The standard InChI is InChI=1S/C27H28N4O4/c1-17(33)31-16-27(25-21-9-8-20(34-2)11-22(21)28-26(25)23(31)13-32)14-30(15-27)12-19-10-24(35-29-19)18-6-4-3-5-7-18/h3-11,23,28,32H,12-16H2,1-2H3/t23-/m1/s1. The van der Waals surface area contributed by atoms with Crippen LogP contribution in [0.15, 0.2) is 59.1 Å². The van der Waals surface area contributed by atoms with Gasteiger partial charge in [-0.05, 0) is 17.7 Å². The molecule has 0 unspecified atom stereocenters. The van der Waals surface area contributed by atoms with Crippen LogP contribution in [0.2, 0.25) is 0 Å². The number of amides is 1. The molecule has 4 aromatic rings. The largest absolute Gasteiger partial charge is 0.497 e. The lowest BCUT2D eigenvalue weighted by molar-refractivity contribution is -0.136. The van der Waals surface area contributed by atoms with Gasteiger partial charge in [0.15, 0.2) is 5.76 Å². The molecule has 2 aromatic heterocycles. The molecule has 0 saturated carbocycles. The van der Waals surface area contributed by atoms with Gasteiger partial charge >= 0.3 is 0 Å². The number of benzene rings is 2. The van der Waals surface area contributed by atoms with Crippen LogP contribution in [-0.4, -0.2) is 64.3 Å². The first-order valence-corrected chi connectivity index (χ1v) is 11.8. The van der Waals surface area contributed by atoms with Gasteiger partial charge in [-0.25, -0.2) is 0 Å². The number of carbonyl (C=O) groups is 1. The molecule has 35 heavy (non-hydrogen) atoms. The van der Waals surface area contributed by atoms with E-state index in [0.29, 0.717) is 13.1 Å². The van der Waals surface area contributed by atoms with Gasteiger partial charge in [0.05, 0.1) is 25.5 Å². The normalized spacial score (nSPS) is 19.1. The number of nitrogens with one attached hydrogen (secondary N) is 1. The minimum Gasteiger partial charge on any atom is -0.497 e. The van der Waals surface area contributed by atoms with Crippen molar-refractivity contribution in [3.8, 4) is 17.1 Å². The first-order valence-electron chi connectivity index (χ1n) is 11.8. The number of H-pyrrole nitrogens is 1. The second-order valence-corrected chi connectivity index (χ2v) is 9.64. The quantitative estimate of drug-likeness (QED) is 0.462. The maximum Gasteiger partial charge on any atom is 0.220 e. The summed E-state index contributed by atoms with van der Waals surface area (Å²) in [5.41, 5.74) is 4.75. The third-order valence-electron chi connectivity index (χ3n) is 7.38. The number of carbonyl (C=O) groups excluding carboxylic acids is 1. The fourth-order valence-electron chi connectivity index (χ4n) is 5.87. The van der Waals surface area contributed by atoms with E-state index in [-0.39, 0.29) is 24.0 Å². The van der Waals surface area contributed by atoms with Crippen molar-refractivity contribution in [3.05, 3.63) is 71.5 Å². The van der Waals surface area contributed by atoms with Crippen molar-refractivity contribution in [2.45, 2.75) is 24.9 Å². The van der Waals surface area contributed by atoms with Gasteiger partial charge in [-0.15, -0.1) is 0 Å². The van der Waals surface area contributed by atoms with Crippen molar-refractivity contribution in [1.29, 1.82) is 0 Å². The number of hydrogen-bond acceptors (Lipinski definition) is 6. The molecule has 8 nitrogen and oxygen atoms in total. The summed E-state index contributed by atoms with van der Waals surface area (Å²) in [6.07, 6.45) is 0. The second-order valence-electron chi connectivity index (χ2n) is 9.64. The zero-order chi connectivity index (χ0) is 24.2. The molecule has 0 radical (unpaired) electrons.